The van der Waals surface area contributed by atoms with E-state index in [0.29, 0.717) is 17.3 Å². The van der Waals surface area contributed by atoms with Gasteiger partial charge in [-0.15, -0.1) is 0 Å². The summed E-state index contributed by atoms with van der Waals surface area (Å²) in [5, 5.41) is 2.66. The van der Waals surface area contributed by atoms with Gasteiger partial charge in [-0.25, -0.2) is 13.8 Å². The summed E-state index contributed by atoms with van der Waals surface area (Å²) in [5.41, 5.74) is 0.523. The van der Waals surface area contributed by atoms with Crippen molar-refractivity contribution in [3.8, 4) is 0 Å². The lowest BCUT2D eigenvalue weighted by Crippen LogP contribution is -2.39. The third-order valence-electron chi connectivity index (χ3n) is 4.16. The molecule has 1 unspecified atom stereocenters. The molecule has 1 saturated heterocycles. The maximum atomic E-state index is 13.6. The number of halogens is 2. The van der Waals surface area contributed by atoms with E-state index in [-0.39, 0.29) is 11.6 Å². The van der Waals surface area contributed by atoms with Crippen LogP contribution in [0.3, 0.4) is 0 Å². The maximum Gasteiger partial charge on any atom is 0.272 e. The smallest absolute Gasteiger partial charge is 0.272 e. The van der Waals surface area contributed by atoms with E-state index in [1.165, 1.54) is 24.4 Å². The maximum absolute atomic E-state index is 13.6. The quantitative estimate of drug-likeness (QED) is 0.925. The molecular formula is C18H19F2N3O. The summed E-state index contributed by atoms with van der Waals surface area (Å²) in [5.74, 6) is -0.979. The van der Waals surface area contributed by atoms with Crippen molar-refractivity contribution in [1.82, 2.24) is 9.88 Å². The molecule has 1 N–H and O–H groups in total. The Morgan fingerprint density at radius 3 is 2.62 bits per heavy atom. The first-order valence-electron chi connectivity index (χ1n) is 8.01. The molecule has 4 nitrogen and oxygen atoms in total. The minimum atomic E-state index is -0.683. The zero-order valence-electron chi connectivity index (χ0n) is 13.4. The van der Waals surface area contributed by atoms with Gasteiger partial charge in [0.25, 0.3) is 5.91 Å². The van der Waals surface area contributed by atoms with Crippen LogP contribution in [0.2, 0.25) is 0 Å². The monoisotopic (exact) mass is 331 g/mol. The fraction of sp³-hybridized carbons (Fsp3) is 0.333. The summed E-state index contributed by atoms with van der Waals surface area (Å²) < 4.78 is 27.3. The first kappa shape index (κ1) is 16.4. The fourth-order valence-electron chi connectivity index (χ4n) is 2.89. The van der Waals surface area contributed by atoms with E-state index in [1.807, 2.05) is 0 Å². The molecule has 0 radical (unpaired) electrons. The average Bonchev–Trinajstić information content (AvgIpc) is 2.58. The fourth-order valence-corrected chi connectivity index (χ4v) is 2.89. The lowest BCUT2D eigenvalue weighted by molar-refractivity contribution is 0.0677. The van der Waals surface area contributed by atoms with Gasteiger partial charge in [-0.05, 0) is 43.0 Å². The van der Waals surface area contributed by atoms with E-state index >= 15 is 0 Å². The number of carbonyl (C=O) groups excluding carboxylic acids is 1. The van der Waals surface area contributed by atoms with Crippen LogP contribution >= 0.6 is 0 Å². The van der Waals surface area contributed by atoms with Crippen LogP contribution in [-0.4, -0.2) is 28.9 Å². The minimum Gasteiger partial charge on any atom is -0.349 e. The van der Waals surface area contributed by atoms with Gasteiger partial charge in [-0.3, -0.25) is 4.79 Å². The van der Waals surface area contributed by atoms with Crippen molar-refractivity contribution >= 4 is 17.3 Å². The predicted molar refractivity (Wildman–Crippen MR) is 88.2 cm³/mol. The average molecular weight is 331 g/mol. The first-order valence-corrected chi connectivity index (χ1v) is 8.01. The summed E-state index contributed by atoms with van der Waals surface area (Å²) in [6.07, 6.45) is 3.54. The Hall–Kier alpha value is -2.50. The van der Waals surface area contributed by atoms with E-state index < -0.39 is 11.6 Å². The van der Waals surface area contributed by atoms with Crippen LogP contribution in [0, 0.1) is 17.6 Å². The number of amides is 1. The summed E-state index contributed by atoms with van der Waals surface area (Å²) >= 11 is 0. The number of hydrogen-bond acceptors (Lipinski definition) is 3. The van der Waals surface area contributed by atoms with Crippen LogP contribution in [0.4, 0.5) is 20.2 Å². The van der Waals surface area contributed by atoms with Crippen molar-refractivity contribution in [3.05, 3.63) is 53.9 Å². The molecule has 2 aromatic rings. The van der Waals surface area contributed by atoms with E-state index in [2.05, 4.69) is 17.2 Å². The van der Waals surface area contributed by atoms with Crippen LogP contribution in [-0.2, 0) is 0 Å². The second kappa shape index (κ2) is 6.95. The van der Waals surface area contributed by atoms with Crippen molar-refractivity contribution in [2.24, 2.45) is 5.92 Å². The number of nitrogens with zero attached hydrogens (tertiary/aromatic N) is 2. The van der Waals surface area contributed by atoms with Gasteiger partial charge in [0.2, 0.25) is 0 Å². The SMILES string of the molecule is CC1CCCN(C(=O)c2ccc(Nc3c(F)cccc3F)cn2)C1. The molecule has 6 heteroatoms. The number of aromatic nitrogens is 1. The Morgan fingerprint density at radius 1 is 1.25 bits per heavy atom. The van der Waals surface area contributed by atoms with Crippen LogP contribution in [0.25, 0.3) is 0 Å². The summed E-state index contributed by atoms with van der Waals surface area (Å²) in [6.45, 7) is 3.61. The number of para-hydroxylation sites is 1. The minimum absolute atomic E-state index is 0.106. The lowest BCUT2D eigenvalue weighted by atomic mass is 10.00. The third-order valence-corrected chi connectivity index (χ3v) is 4.16. The highest BCUT2D eigenvalue weighted by atomic mass is 19.1. The number of piperidine rings is 1. The van der Waals surface area contributed by atoms with Gasteiger partial charge >= 0.3 is 0 Å². The Morgan fingerprint density at radius 2 is 2.00 bits per heavy atom. The number of nitrogens with one attached hydrogen (secondary N) is 1. The number of carbonyl (C=O) groups is 1. The molecule has 1 fully saturated rings. The molecule has 0 spiro atoms. The third kappa shape index (κ3) is 3.53. The number of benzene rings is 1. The molecule has 3 rings (SSSR count). The van der Waals surface area contributed by atoms with E-state index in [9.17, 15) is 13.6 Å². The molecule has 0 aliphatic carbocycles. The van der Waals surface area contributed by atoms with Crippen molar-refractivity contribution in [2.75, 3.05) is 18.4 Å². The lowest BCUT2D eigenvalue weighted by Gasteiger charge is -2.30. The molecule has 1 aromatic heterocycles. The van der Waals surface area contributed by atoms with Crippen molar-refractivity contribution in [2.45, 2.75) is 19.8 Å². The molecule has 2 heterocycles. The second-order valence-electron chi connectivity index (χ2n) is 6.15. The van der Waals surface area contributed by atoms with Gasteiger partial charge in [-0.2, -0.15) is 0 Å². The highest BCUT2D eigenvalue weighted by molar-refractivity contribution is 5.92. The Bertz CT molecular complexity index is 713. The van der Waals surface area contributed by atoms with Crippen molar-refractivity contribution < 1.29 is 13.6 Å². The van der Waals surface area contributed by atoms with Crippen LogP contribution in [0.5, 0.6) is 0 Å². The number of rotatable bonds is 3. The Balaban J connectivity index is 1.72. The van der Waals surface area contributed by atoms with Gasteiger partial charge in [0, 0.05) is 13.1 Å². The Kier molecular flexibility index (Phi) is 4.74. The van der Waals surface area contributed by atoms with Crippen molar-refractivity contribution in [3.63, 3.8) is 0 Å². The first-order chi connectivity index (χ1) is 11.5. The molecule has 1 aromatic carbocycles. The van der Waals surface area contributed by atoms with Gasteiger partial charge in [0.1, 0.15) is 23.0 Å². The molecule has 0 saturated carbocycles. The topological polar surface area (TPSA) is 45.2 Å². The molecular weight excluding hydrogens is 312 g/mol. The number of likely N-dealkylation sites (tertiary alicyclic amines) is 1. The molecule has 0 bridgehead atoms. The van der Waals surface area contributed by atoms with Gasteiger partial charge in [-0.1, -0.05) is 13.0 Å². The van der Waals surface area contributed by atoms with Crippen molar-refractivity contribution in [1.29, 1.82) is 0 Å². The van der Waals surface area contributed by atoms with E-state index in [0.717, 1.165) is 25.9 Å². The number of anilines is 2. The summed E-state index contributed by atoms with van der Waals surface area (Å²) in [7, 11) is 0. The van der Waals surface area contributed by atoms with Crippen LogP contribution < -0.4 is 5.32 Å². The van der Waals surface area contributed by atoms with Gasteiger partial charge in [0.05, 0.1) is 11.9 Å². The molecule has 1 aliphatic heterocycles. The normalized spacial score (nSPS) is 17.6. The van der Waals surface area contributed by atoms with Gasteiger partial charge < -0.3 is 10.2 Å². The molecule has 1 aliphatic rings. The summed E-state index contributed by atoms with van der Waals surface area (Å²) in [6, 6.07) is 6.82. The second-order valence-corrected chi connectivity index (χ2v) is 6.15. The van der Waals surface area contributed by atoms with Gasteiger partial charge in [0.15, 0.2) is 0 Å². The number of hydrogen-bond donors (Lipinski definition) is 1. The summed E-state index contributed by atoms with van der Waals surface area (Å²) in [4.78, 5) is 18.4. The largest absolute Gasteiger partial charge is 0.349 e. The predicted octanol–water partition coefficient (Wildman–Crippen LogP) is 3.98. The zero-order chi connectivity index (χ0) is 17.1. The Labute approximate surface area is 139 Å². The molecule has 126 valence electrons. The highest BCUT2D eigenvalue weighted by Crippen LogP contribution is 2.23. The van der Waals surface area contributed by atoms with Crippen LogP contribution in [0.15, 0.2) is 36.5 Å². The standard InChI is InChI=1S/C18H19F2N3O/c1-12-4-3-9-23(11-12)18(24)16-8-7-13(10-21-16)22-17-14(19)5-2-6-15(17)20/h2,5-8,10,12,22H,3-4,9,11H2,1H3. The molecule has 1 atom stereocenters. The molecule has 24 heavy (non-hydrogen) atoms. The van der Waals surface area contributed by atoms with E-state index in [4.69, 9.17) is 0 Å². The molecule has 1 amide bonds. The zero-order valence-corrected chi connectivity index (χ0v) is 13.4. The number of pyridine rings is 1. The van der Waals surface area contributed by atoms with E-state index in [1.54, 1.807) is 17.0 Å². The van der Waals surface area contributed by atoms with Crippen LogP contribution in [0.1, 0.15) is 30.3 Å². The highest BCUT2D eigenvalue weighted by Gasteiger charge is 2.22.